The van der Waals surface area contributed by atoms with Crippen molar-refractivity contribution in [2.24, 2.45) is 0 Å². The van der Waals surface area contributed by atoms with Crippen molar-refractivity contribution in [3.63, 3.8) is 0 Å². The third-order valence-electron chi connectivity index (χ3n) is 10.8. The van der Waals surface area contributed by atoms with Crippen LogP contribution in [0.3, 0.4) is 0 Å². The van der Waals surface area contributed by atoms with E-state index < -0.39 is 0 Å². The van der Waals surface area contributed by atoms with E-state index in [9.17, 15) is 0 Å². The van der Waals surface area contributed by atoms with Crippen LogP contribution in [0.25, 0.3) is 101 Å². The molecule has 0 fully saturated rings. The molecule has 0 saturated heterocycles. The predicted molar refractivity (Wildman–Crippen MR) is 247 cm³/mol. The van der Waals surface area contributed by atoms with E-state index >= 15 is 0 Å². The van der Waals surface area contributed by atoms with Crippen molar-refractivity contribution >= 4 is 10.8 Å². The van der Waals surface area contributed by atoms with Crippen molar-refractivity contribution in [2.45, 2.75) is 0 Å². The van der Waals surface area contributed by atoms with Crippen molar-refractivity contribution in [2.75, 3.05) is 14.2 Å². The van der Waals surface area contributed by atoms with E-state index in [-0.39, 0.29) is 0 Å². The Hall–Kier alpha value is -8.36. The van der Waals surface area contributed by atoms with Gasteiger partial charge in [-0.3, -0.25) is 0 Å². The van der Waals surface area contributed by atoms with Crippen LogP contribution in [0.5, 0.6) is 11.5 Å². The summed E-state index contributed by atoms with van der Waals surface area (Å²) in [6.45, 7) is 0. The van der Waals surface area contributed by atoms with Crippen molar-refractivity contribution in [3.05, 3.63) is 194 Å². The molecule has 2 heterocycles. The summed E-state index contributed by atoms with van der Waals surface area (Å²) < 4.78 is 10.8. The Balaban J connectivity index is 1.00. The van der Waals surface area contributed by atoms with Crippen molar-refractivity contribution in [1.29, 1.82) is 0 Å². The minimum atomic E-state index is 0.593. The highest BCUT2D eigenvalue weighted by molar-refractivity contribution is 6.06. The van der Waals surface area contributed by atoms with Gasteiger partial charge in [0, 0.05) is 33.4 Å². The second-order valence-corrected chi connectivity index (χ2v) is 14.7. The minimum Gasteiger partial charge on any atom is -0.497 e. The molecule has 0 radical (unpaired) electrons. The zero-order valence-electron chi connectivity index (χ0n) is 34.0. The summed E-state index contributed by atoms with van der Waals surface area (Å²) >= 11 is 0. The standard InChI is InChI=1S/C54H38N6O2/c1-61-44-31-27-42(28-32-44)53-57-49(38-11-5-3-6-12-38)55-51(59-53)40-23-19-35(20-24-40)46-17-9-15-37-16-10-18-47(48(37)46)36-21-25-41(26-22-36)52-56-50(39-13-7-4-8-14-39)58-54(60-52)43-29-33-45(62-2)34-30-43/h3-34H,1-2H3. The quantitative estimate of drug-likeness (QED) is 0.135. The lowest BCUT2D eigenvalue weighted by Gasteiger charge is -2.14. The Morgan fingerprint density at radius 2 is 0.532 bits per heavy atom. The van der Waals surface area contributed by atoms with Crippen LogP contribution in [0, 0.1) is 0 Å². The number of ether oxygens (including phenoxy) is 2. The lowest BCUT2D eigenvalue weighted by atomic mass is 9.91. The van der Waals surface area contributed by atoms with Crippen LogP contribution in [-0.2, 0) is 0 Å². The van der Waals surface area contributed by atoms with Gasteiger partial charge in [-0.25, -0.2) is 29.9 Å². The molecule has 0 N–H and O–H groups in total. The first kappa shape index (κ1) is 37.9. The lowest BCUT2D eigenvalue weighted by Crippen LogP contribution is -2.00. The molecule has 8 aromatic carbocycles. The monoisotopic (exact) mass is 802 g/mol. The molecule has 10 rings (SSSR count). The lowest BCUT2D eigenvalue weighted by molar-refractivity contribution is 0.414. The van der Waals surface area contributed by atoms with Crippen LogP contribution in [0.1, 0.15) is 0 Å². The van der Waals surface area contributed by atoms with Crippen LogP contribution in [0.4, 0.5) is 0 Å². The predicted octanol–water partition coefficient (Wildman–Crippen LogP) is 12.6. The molecule has 10 aromatic rings. The molecule has 2 aromatic heterocycles. The molecule has 62 heavy (non-hydrogen) atoms. The molecule has 0 amide bonds. The highest BCUT2D eigenvalue weighted by atomic mass is 16.5. The third kappa shape index (κ3) is 7.64. The largest absolute Gasteiger partial charge is 0.497 e. The first-order valence-electron chi connectivity index (χ1n) is 20.3. The fraction of sp³-hybridized carbons (Fsp3) is 0.0370. The van der Waals surface area contributed by atoms with Crippen molar-refractivity contribution in [3.8, 4) is 102 Å². The normalized spacial score (nSPS) is 11.1. The summed E-state index contributed by atoms with van der Waals surface area (Å²) in [7, 11) is 3.31. The second kappa shape index (κ2) is 16.7. The number of hydrogen-bond donors (Lipinski definition) is 0. The van der Waals surface area contributed by atoms with Gasteiger partial charge in [-0.05, 0) is 81.6 Å². The molecular formula is C54H38N6O2. The number of rotatable bonds is 10. The average molecular weight is 803 g/mol. The SMILES string of the molecule is COc1ccc(-c2nc(-c3ccccc3)nc(-c3ccc(-c4cccc5cccc(-c6ccc(-c7nc(-c8ccccc8)nc(-c8ccc(OC)cc8)n7)cc6)c45)cc3)n2)cc1. The first-order chi connectivity index (χ1) is 30.6. The van der Waals surface area contributed by atoms with Gasteiger partial charge in [0.1, 0.15) is 11.5 Å². The second-order valence-electron chi connectivity index (χ2n) is 14.7. The molecule has 8 heteroatoms. The van der Waals surface area contributed by atoms with Gasteiger partial charge >= 0.3 is 0 Å². The van der Waals surface area contributed by atoms with Gasteiger partial charge in [0.15, 0.2) is 34.9 Å². The maximum absolute atomic E-state index is 5.39. The number of methoxy groups -OCH3 is 2. The molecule has 0 unspecified atom stereocenters. The van der Waals surface area contributed by atoms with Gasteiger partial charge in [0.2, 0.25) is 0 Å². The van der Waals surface area contributed by atoms with Crippen LogP contribution < -0.4 is 9.47 Å². The highest BCUT2D eigenvalue weighted by Crippen LogP contribution is 2.38. The average Bonchev–Trinajstić information content (AvgIpc) is 3.36. The number of fused-ring (bicyclic) bond motifs is 1. The smallest absolute Gasteiger partial charge is 0.164 e. The summed E-state index contributed by atoms with van der Waals surface area (Å²) in [5.41, 5.74) is 9.80. The van der Waals surface area contributed by atoms with Gasteiger partial charge in [0.05, 0.1) is 14.2 Å². The number of aromatic nitrogens is 6. The molecule has 0 bridgehead atoms. The van der Waals surface area contributed by atoms with E-state index in [1.165, 1.54) is 0 Å². The molecule has 0 aliphatic carbocycles. The minimum absolute atomic E-state index is 0.593. The molecule has 0 spiro atoms. The Morgan fingerprint density at radius 1 is 0.258 bits per heavy atom. The number of nitrogens with zero attached hydrogens (tertiary/aromatic N) is 6. The van der Waals surface area contributed by atoms with Gasteiger partial charge in [-0.15, -0.1) is 0 Å². The Kier molecular flexibility index (Phi) is 10.2. The van der Waals surface area contributed by atoms with Gasteiger partial charge < -0.3 is 9.47 Å². The first-order valence-corrected chi connectivity index (χ1v) is 20.3. The molecule has 8 nitrogen and oxygen atoms in total. The number of benzene rings is 8. The summed E-state index contributed by atoms with van der Waals surface area (Å²) in [6, 6.07) is 65.4. The fourth-order valence-electron chi connectivity index (χ4n) is 7.60. The molecular weight excluding hydrogens is 765 g/mol. The summed E-state index contributed by atoms with van der Waals surface area (Å²) in [6.07, 6.45) is 0. The Labute approximate surface area is 359 Å². The van der Waals surface area contributed by atoms with Crippen LogP contribution in [0.15, 0.2) is 194 Å². The van der Waals surface area contributed by atoms with E-state index in [0.717, 1.165) is 77.9 Å². The van der Waals surface area contributed by atoms with Gasteiger partial charge in [-0.1, -0.05) is 146 Å². The van der Waals surface area contributed by atoms with Crippen molar-refractivity contribution < 1.29 is 9.47 Å². The zero-order chi connectivity index (χ0) is 41.8. The third-order valence-corrected chi connectivity index (χ3v) is 10.8. The van der Waals surface area contributed by atoms with Crippen LogP contribution >= 0.6 is 0 Å². The molecule has 296 valence electrons. The van der Waals surface area contributed by atoms with E-state index in [0.29, 0.717) is 34.9 Å². The fourth-order valence-corrected chi connectivity index (χ4v) is 7.60. The molecule has 0 saturated carbocycles. The highest BCUT2D eigenvalue weighted by Gasteiger charge is 2.16. The molecule has 0 aliphatic heterocycles. The maximum atomic E-state index is 5.39. The summed E-state index contributed by atoms with van der Waals surface area (Å²) in [5.74, 6) is 5.14. The maximum Gasteiger partial charge on any atom is 0.164 e. The Bertz CT molecular complexity index is 2950. The van der Waals surface area contributed by atoms with Gasteiger partial charge in [0.25, 0.3) is 0 Å². The van der Waals surface area contributed by atoms with Gasteiger partial charge in [-0.2, -0.15) is 0 Å². The molecule has 0 aliphatic rings. The summed E-state index contributed by atoms with van der Waals surface area (Å²) in [4.78, 5) is 29.6. The van der Waals surface area contributed by atoms with E-state index in [1.807, 2.05) is 109 Å². The topological polar surface area (TPSA) is 95.8 Å². The van der Waals surface area contributed by atoms with Crippen LogP contribution in [0.2, 0.25) is 0 Å². The van der Waals surface area contributed by atoms with E-state index in [4.69, 9.17) is 39.4 Å². The van der Waals surface area contributed by atoms with E-state index in [2.05, 4.69) is 84.9 Å². The van der Waals surface area contributed by atoms with E-state index in [1.54, 1.807) is 14.2 Å². The van der Waals surface area contributed by atoms with Crippen LogP contribution in [-0.4, -0.2) is 44.1 Å². The Morgan fingerprint density at radius 3 is 0.839 bits per heavy atom. The number of hydrogen-bond acceptors (Lipinski definition) is 8. The van der Waals surface area contributed by atoms with Crippen molar-refractivity contribution in [1.82, 2.24) is 29.9 Å². The summed E-state index contributed by atoms with van der Waals surface area (Å²) in [5, 5.41) is 2.31. The molecule has 0 atom stereocenters. The zero-order valence-corrected chi connectivity index (χ0v) is 34.0.